The van der Waals surface area contributed by atoms with E-state index in [-0.39, 0.29) is 0 Å². The molecule has 1 nitrogen and oxygen atoms in total. The third-order valence-electron chi connectivity index (χ3n) is 3.04. The van der Waals surface area contributed by atoms with E-state index in [1.807, 2.05) is 0 Å². The molecule has 0 aliphatic heterocycles. The Bertz CT molecular complexity index is 205. The van der Waals surface area contributed by atoms with Crippen molar-refractivity contribution in [3.63, 3.8) is 0 Å². The van der Waals surface area contributed by atoms with Crippen LogP contribution in [0.4, 0.5) is 0 Å². The van der Waals surface area contributed by atoms with Gasteiger partial charge in [-0.1, -0.05) is 12.2 Å². The van der Waals surface area contributed by atoms with Gasteiger partial charge in [0, 0.05) is 12.3 Å². The van der Waals surface area contributed by atoms with Crippen molar-refractivity contribution >= 4 is 5.78 Å². The molecular weight excluding hydrogens is 136 g/mol. The maximum absolute atomic E-state index is 11.4. The second kappa shape index (κ2) is 2.47. The first-order valence-electron chi connectivity index (χ1n) is 4.47. The maximum atomic E-state index is 11.4. The van der Waals surface area contributed by atoms with Crippen LogP contribution in [0.3, 0.4) is 0 Å². The first kappa shape index (κ1) is 7.08. The van der Waals surface area contributed by atoms with E-state index in [0.717, 1.165) is 25.7 Å². The van der Waals surface area contributed by atoms with Crippen molar-refractivity contribution in [2.75, 3.05) is 0 Å². The summed E-state index contributed by atoms with van der Waals surface area (Å²) in [6.45, 7) is 3.96. The molecule has 0 amide bonds. The summed E-state index contributed by atoms with van der Waals surface area (Å²) in [7, 11) is 0. The number of allylic oxidation sites excluding steroid dienone is 1. The predicted molar refractivity (Wildman–Crippen MR) is 44.2 cm³/mol. The van der Waals surface area contributed by atoms with E-state index in [9.17, 15) is 4.79 Å². The summed E-state index contributed by atoms with van der Waals surface area (Å²) in [5.41, 5.74) is 1.30. The molecule has 2 unspecified atom stereocenters. The Morgan fingerprint density at radius 3 is 2.91 bits per heavy atom. The van der Waals surface area contributed by atoms with E-state index >= 15 is 0 Å². The van der Waals surface area contributed by atoms with Crippen LogP contribution in [0.2, 0.25) is 0 Å². The Kier molecular flexibility index (Phi) is 1.59. The van der Waals surface area contributed by atoms with Crippen LogP contribution in [0, 0.1) is 11.8 Å². The van der Waals surface area contributed by atoms with Gasteiger partial charge in [-0.25, -0.2) is 0 Å². The zero-order valence-electron chi connectivity index (χ0n) is 6.81. The largest absolute Gasteiger partial charge is 0.299 e. The molecule has 2 fully saturated rings. The Labute approximate surface area is 67.5 Å². The fraction of sp³-hybridized carbons (Fsp3) is 0.700. The summed E-state index contributed by atoms with van der Waals surface area (Å²) in [4.78, 5) is 11.4. The second-order valence-electron chi connectivity index (χ2n) is 3.88. The van der Waals surface area contributed by atoms with Crippen molar-refractivity contribution in [1.82, 2.24) is 0 Å². The molecule has 60 valence electrons. The first-order valence-corrected chi connectivity index (χ1v) is 4.47. The summed E-state index contributed by atoms with van der Waals surface area (Å²) in [5.74, 6) is 1.54. The van der Waals surface area contributed by atoms with Crippen molar-refractivity contribution in [2.45, 2.75) is 32.1 Å². The fourth-order valence-electron chi connectivity index (χ4n) is 2.48. The minimum atomic E-state index is 0.372. The SMILES string of the molecule is C=C1CC2CCCC(=O)C2C1. The van der Waals surface area contributed by atoms with Crippen molar-refractivity contribution in [3.8, 4) is 0 Å². The number of carbonyl (C=O) groups is 1. The van der Waals surface area contributed by atoms with Crippen LogP contribution in [-0.4, -0.2) is 5.78 Å². The van der Waals surface area contributed by atoms with Gasteiger partial charge in [0.2, 0.25) is 0 Å². The van der Waals surface area contributed by atoms with E-state index in [2.05, 4.69) is 6.58 Å². The average Bonchev–Trinajstić information content (AvgIpc) is 2.31. The van der Waals surface area contributed by atoms with E-state index in [4.69, 9.17) is 0 Å². The van der Waals surface area contributed by atoms with Crippen LogP contribution in [-0.2, 0) is 4.79 Å². The van der Waals surface area contributed by atoms with E-state index in [1.165, 1.54) is 12.0 Å². The quantitative estimate of drug-likeness (QED) is 0.484. The molecule has 0 bridgehead atoms. The highest BCUT2D eigenvalue weighted by Gasteiger charge is 2.36. The summed E-state index contributed by atoms with van der Waals surface area (Å²) in [6, 6.07) is 0. The number of rotatable bonds is 0. The fourth-order valence-corrected chi connectivity index (χ4v) is 2.48. The molecule has 0 saturated heterocycles. The smallest absolute Gasteiger partial charge is 0.136 e. The lowest BCUT2D eigenvalue weighted by molar-refractivity contribution is -0.125. The molecule has 2 rings (SSSR count). The molecule has 0 N–H and O–H groups in total. The second-order valence-corrected chi connectivity index (χ2v) is 3.88. The predicted octanol–water partition coefficient (Wildman–Crippen LogP) is 2.32. The Hall–Kier alpha value is -0.590. The van der Waals surface area contributed by atoms with Gasteiger partial charge < -0.3 is 0 Å². The topological polar surface area (TPSA) is 17.1 Å². The maximum Gasteiger partial charge on any atom is 0.136 e. The number of fused-ring (bicyclic) bond motifs is 1. The third-order valence-corrected chi connectivity index (χ3v) is 3.04. The Balaban J connectivity index is 2.15. The lowest BCUT2D eigenvalue weighted by atomic mass is 9.81. The van der Waals surface area contributed by atoms with Crippen molar-refractivity contribution in [3.05, 3.63) is 12.2 Å². The van der Waals surface area contributed by atoms with Gasteiger partial charge in [0.1, 0.15) is 5.78 Å². The Morgan fingerprint density at radius 2 is 2.18 bits per heavy atom. The molecule has 1 heteroatoms. The molecule has 0 aromatic rings. The van der Waals surface area contributed by atoms with Crippen LogP contribution in [0.1, 0.15) is 32.1 Å². The first-order chi connectivity index (χ1) is 5.27. The Morgan fingerprint density at radius 1 is 1.36 bits per heavy atom. The van der Waals surface area contributed by atoms with Crippen LogP contribution < -0.4 is 0 Å². The lowest BCUT2D eigenvalue weighted by Gasteiger charge is -2.22. The molecule has 2 aliphatic rings. The van der Waals surface area contributed by atoms with Gasteiger partial charge >= 0.3 is 0 Å². The van der Waals surface area contributed by atoms with Crippen LogP contribution in [0.15, 0.2) is 12.2 Å². The molecule has 0 heterocycles. The average molecular weight is 150 g/mol. The molecular formula is C10H14O. The van der Waals surface area contributed by atoms with Crippen LogP contribution in [0.25, 0.3) is 0 Å². The highest BCUT2D eigenvalue weighted by molar-refractivity contribution is 5.82. The number of hydrogen-bond donors (Lipinski definition) is 0. The summed E-state index contributed by atoms with van der Waals surface area (Å²) < 4.78 is 0. The minimum Gasteiger partial charge on any atom is -0.299 e. The monoisotopic (exact) mass is 150 g/mol. The molecule has 0 aromatic heterocycles. The van der Waals surface area contributed by atoms with Crippen LogP contribution in [0.5, 0.6) is 0 Å². The number of carbonyl (C=O) groups excluding carboxylic acids is 1. The third kappa shape index (κ3) is 1.13. The minimum absolute atomic E-state index is 0.372. The van der Waals surface area contributed by atoms with Gasteiger partial charge in [-0.15, -0.1) is 0 Å². The van der Waals surface area contributed by atoms with Gasteiger partial charge in [-0.05, 0) is 31.6 Å². The van der Waals surface area contributed by atoms with Gasteiger partial charge in [0.15, 0.2) is 0 Å². The molecule has 11 heavy (non-hydrogen) atoms. The zero-order chi connectivity index (χ0) is 7.84. The molecule has 2 aliphatic carbocycles. The van der Waals surface area contributed by atoms with Crippen molar-refractivity contribution in [1.29, 1.82) is 0 Å². The van der Waals surface area contributed by atoms with Gasteiger partial charge in [-0.3, -0.25) is 4.79 Å². The van der Waals surface area contributed by atoms with E-state index in [1.54, 1.807) is 0 Å². The summed E-state index contributed by atoms with van der Waals surface area (Å²) in [6.07, 6.45) is 5.32. The summed E-state index contributed by atoms with van der Waals surface area (Å²) >= 11 is 0. The van der Waals surface area contributed by atoms with Crippen molar-refractivity contribution < 1.29 is 4.79 Å². The lowest BCUT2D eigenvalue weighted by Crippen LogP contribution is -2.23. The standard InChI is InChI=1S/C10H14O/c1-7-5-8-3-2-4-10(11)9(8)6-7/h8-9H,1-6H2. The molecule has 0 radical (unpaired) electrons. The van der Waals surface area contributed by atoms with E-state index in [0.29, 0.717) is 17.6 Å². The van der Waals surface area contributed by atoms with Gasteiger partial charge in [0.25, 0.3) is 0 Å². The molecule has 0 aromatic carbocycles. The number of hydrogen-bond acceptors (Lipinski definition) is 1. The van der Waals surface area contributed by atoms with Gasteiger partial charge in [0.05, 0.1) is 0 Å². The molecule has 0 spiro atoms. The molecule has 2 saturated carbocycles. The van der Waals surface area contributed by atoms with E-state index < -0.39 is 0 Å². The zero-order valence-corrected chi connectivity index (χ0v) is 6.81. The summed E-state index contributed by atoms with van der Waals surface area (Å²) in [5, 5.41) is 0. The molecule has 2 atom stereocenters. The normalized spacial score (nSPS) is 37.5. The van der Waals surface area contributed by atoms with Crippen molar-refractivity contribution in [2.24, 2.45) is 11.8 Å². The number of Topliss-reactive ketones (excluding diaryl/α,β-unsaturated/α-hetero) is 1. The van der Waals surface area contributed by atoms with Gasteiger partial charge in [-0.2, -0.15) is 0 Å². The highest BCUT2D eigenvalue weighted by Crippen LogP contribution is 2.42. The highest BCUT2D eigenvalue weighted by atomic mass is 16.1. The number of ketones is 1. The van der Waals surface area contributed by atoms with Crippen LogP contribution >= 0.6 is 0 Å².